The monoisotopic (exact) mass is 387 g/mol. The van der Waals surface area contributed by atoms with Gasteiger partial charge in [0.1, 0.15) is 5.82 Å². The molecule has 3 heterocycles. The average Bonchev–Trinajstić information content (AvgIpc) is 3.24. The van der Waals surface area contributed by atoms with Gasteiger partial charge in [0.25, 0.3) is 0 Å². The zero-order valence-corrected chi connectivity index (χ0v) is 15.7. The van der Waals surface area contributed by atoms with Crippen LogP contribution in [0.2, 0.25) is 0 Å². The van der Waals surface area contributed by atoms with Gasteiger partial charge in [-0.3, -0.25) is 4.79 Å². The molecule has 26 heavy (non-hydrogen) atoms. The Morgan fingerprint density at radius 1 is 1.27 bits per heavy atom. The van der Waals surface area contributed by atoms with Crippen molar-refractivity contribution >= 4 is 32.9 Å². The molecule has 1 amide bonds. The Hall–Kier alpha value is -2.45. The number of anilines is 1. The molecule has 0 aliphatic carbocycles. The largest absolute Gasteiger partial charge is 0.311 e. The Morgan fingerprint density at radius 3 is 2.69 bits per heavy atom. The second kappa shape index (κ2) is 6.37. The summed E-state index contributed by atoms with van der Waals surface area (Å²) in [5.41, 5.74) is 1.86. The van der Waals surface area contributed by atoms with Crippen LogP contribution in [0.25, 0.3) is 0 Å². The van der Waals surface area contributed by atoms with Crippen molar-refractivity contribution in [3.05, 3.63) is 64.0 Å². The van der Waals surface area contributed by atoms with E-state index < -0.39 is 9.84 Å². The van der Waals surface area contributed by atoms with Crippen molar-refractivity contribution in [2.24, 2.45) is 0 Å². The van der Waals surface area contributed by atoms with E-state index in [1.165, 1.54) is 6.26 Å². The smallest absolute Gasteiger partial charge is 0.226 e. The second-order valence-electron chi connectivity index (χ2n) is 6.33. The number of aromatic nitrogens is 2. The summed E-state index contributed by atoms with van der Waals surface area (Å²) in [6, 6.07) is 10.8. The van der Waals surface area contributed by atoms with Crippen LogP contribution < -0.4 is 5.32 Å². The number of hydrogen-bond donors (Lipinski definition) is 1. The van der Waals surface area contributed by atoms with E-state index in [0.717, 1.165) is 16.0 Å². The molecule has 4 rings (SSSR count). The van der Waals surface area contributed by atoms with E-state index in [-0.39, 0.29) is 16.7 Å². The first-order valence-electron chi connectivity index (χ1n) is 8.10. The van der Waals surface area contributed by atoms with Gasteiger partial charge < -0.3 is 5.32 Å². The van der Waals surface area contributed by atoms with Crippen LogP contribution in [0.1, 0.15) is 28.3 Å². The number of benzene rings is 1. The minimum absolute atomic E-state index is 0.0670. The van der Waals surface area contributed by atoms with E-state index in [4.69, 9.17) is 0 Å². The molecule has 2 aromatic heterocycles. The summed E-state index contributed by atoms with van der Waals surface area (Å²) in [7, 11) is -3.24. The molecule has 1 aromatic carbocycles. The van der Waals surface area contributed by atoms with Gasteiger partial charge in [-0.25, -0.2) is 13.1 Å². The van der Waals surface area contributed by atoms with Crippen LogP contribution in [0.15, 0.2) is 52.9 Å². The number of rotatable bonds is 4. The summed E-state index contributed by atoms with van der Waals surface area (Å²) in [5.74, 6) is 0.513. The highest BCUT2D eigenvalue weighted by Crippen LogP contribution is 2.37. The number of fused-ring (bicyclic) bond motifs is 1. The molecule has 0 bridgehead atoms. The number of carbonyl (C=O) groups excluding carboxylic acids is 1. The minimum atomic E-state index is -3.24. The predicted octanol–water partition coefficient (Wildman–Crippen LogP) is 2.87. The van der Waals surface area contributed by atoms with E-state index in [2.05, 4.69) is 10.4 Å². The van der Waals surface area contributed by atoms with Crippen molar-refractivity contribution in [2.75, 3.05) is 11.6 Å². The Kier molecular flexibility index (Phi) is 4.16. The average molecular weight is 387 g/mol. The summed E-state index contributed by atoms with van der Waals surface area (Å²) in [6.45, 7) is 0.604. The van der Waals surface area contributed by atoms with Crippen molar-refractivity contribution < 1.29 is 13.2 Å². The zero-order valence-electron chi connectivity index (χ0n) is 14.0. The molecule has 0 saturated carbocycles. The van der Waals surface area contributed by atoms with E-state index >= 15 is 0 Å². The molecule has 6 nitrogen and oxygen atoms in total. The molecule has 0 spiro atoms. The standard InChI is InChI=1S/C18H17N3O3S2/c1-26(23,24)14-6-4-12(5-7-14)15-9-17(22)20-18-16(15)10-19-21(18)11-13-3-2-8-25-13/h2-8,10,15H,9,11H2,1H3,(H,20,22)/t15-/m0/s1. The van der Waals surface area contributed by atoms with Gasteiger partial charge in [-0.05, 0) is 29.1 Å². The maximum absolute atomic E-state index is 12.2. The molecule has 0 radical (unpaired) electrons. The molecule has 134 valence electrons. The predicted molar refractivity (Wildman–Crippen MR) is 100 cm³/mol. The van der Waals surface area contributed by atoms with E-state index in [9.17, 15) is 13.2 Å². The lowest BCUT2D eigenvalue weighted by Crippen LogP contribution is -2.25. The van der Waals surface area contributed by atoms with Crippen molar-refractivity contribution in [3.8, 4) is 0 Å². The number of sulfone groups is 1. The first-order chi connectivity index (χ1) is 12.4. The highest BCUT2D eigenvalue weighted by molar-refractivity contribution is 7.90. The highest BCUT2D eigenvalue weighted by Gasteiger charge is 2.30. The number of carbonyl (C=O) groups is 1. The number of nitrogens with one attached hydrogen (secondary N) is 1. The number of thiophene rings is 1. The summed E-state index contributed by atoms with van der Waals surface area (Å²) >= 11 is 1.64. The van der Waals surface area contributed by atoms with E-state index in [0.29, 0.717) is 18.8 Å². The van der Waals surface area contributed by atoms with Gasteiger partial charge in [0, 0.05) is 29.0 Å². The Balaban J connectivity index is 1.69. The zero-order chi connectivity index (χ0) is 18.3. The fourth-order valence-corrected chi connectivity index (χ4v) is 4.50. The molecule has 3 aromatic rings. The van der Waals surface area contributed by atoms with Crippen molar-refractivity contribution in [3.63, 3.8) is 0 Å². The lowest BCUT2D eigenvalue weighted by atomic mass is 9.87. The van der Waals surface area contributed by atoms with Crippen LogP contribution in [-0.4, -0.2) is 30.4 Å². The molecule has 8 heteroatoms. The van der Waals surface area contributed by atoms with Gasteiger partial charge in [-0.15, -0.1) is 11.3 Å². The Labute approximate surface area is 155 Å². The molecule has 1 aliphatic rings. The third kappa shape index (κ3) is 3.17. The second-order valence-corrected chi connectivity index (χ2v) is 9.38. The molecular weight excluding hydrogens is 370 g/mol. The fourth-order valence-electron chi connectivity index (χ4n) is 3.18. The first-order valence-corrected chi connectivity index (χ1v) is 10.9. The van der Waals surface area contributed by atoms with Crippen molar-refractivity contribution in [1.29, 1.82) is 0 Å². The molecule has 0 saturated heterocycles. The molecular formula is C18H17N3O3S2. The third-order valence-electron chi connectivity index (χ3n) is 4.49. The lowest BCUT2D eigenvalue weighted by Gasteiger charge is -2.24. The molecule has 0 unspecified atom stereocenters. The fraction of sp³-hybridized carbons (Fsp3) is 0.222. The SMILES string of the molecule is CS(=O)(=O)c1ccc([C@@H]2CC(=O)Nc3c2cnn3Cc2cccs2)cc1. The van der Waals surface area contributed by atoms with Gasteiger partial charge in [0.2, 0.25) is 5.91 Å². The Bertz CT molecular complexity index is 1050. The quantitative estimate of drug-likeness (QED) is 0.746. The van der Waals surface area contributed by atoms with Crippen LogP contribution in [0.5, 0.6) is 0 Å². The van der Waals surface area contributed by atoms with Gasteiger partial charge >= 0.3 is 0 Å². The lowest BCUT2D eigenvalue weighted by molar-refractivity contribution is -0.116. The van der Waals surface area contributed by atoms with Crippen LogP contribution >= 0.6 is 11.3 Å². The number of nitrogens with zero attached hydrogens (tertiary/aromatic N) is 2. The van der Waals surface area contributed by atoms with Crippen LogP contribution in [0, 0.1) is 0 Å². The summed E-state index contributed by atoms with van der Waals surface area (Å²) in [4.78, 5) is 13.7. The highest BCUT2D eigenvalue weighted by atomic mass is 32.2. The van der Waals surface area contributed by atoms with E-state index in [1.807, 2.05) is 17.5 Å². The van der Waals surface area contributed by atoms with Crippen LogP contribution in [-0.2, 0) is 21.2 Å². The summed E-state index contributed by atoms with van der Waals surface area (Å²) < 4.78 is 25.1. The summed E-state index contributed by atoms with van der Waals surface area (Å²) in [5, 5.41) is 9.39. The van der Waals surface area contributed by atoms with Crippen molar-refractivity contribution in [1.82, 2.24) is 9.78 Å². The van der Waals surface area contributed by atoms with Gasteiger partial charge in [-0.1, -0.05) is 18.2 Å². The number of amides is 1. The van der Waals surface area contributed by atoms with Gasteiger partial charge in [-0.2, -0.15) is 5.10 Å². The molecule has 0 fully saturated rings. The molecule has 1 N–H and O–H groups in total. The topological polar surface area (TPSA) is 81.1 Å². The van der Waals surface area contributed by atoms with Gasteiger partial charge in [0.15, 0.2) is 9.84 Å². The van der Waals surface area contributed by atoms with Crippen molar-refractivity contribution in [2.45, 2.75) is 23.8 Å². The number of hydrogen-bond acceptors (Lipinski definition) is 5. The van der Waals surface area contributed by atoms with E-state index in [1.54, 1.807) is 46.5 Å². The maximum atomic E-state index is 12.2. The van der Waals surface area contributed by atoms with Crippen LogP contribution in [0.3, 0.4) is 0 Å². The summed E-state index contributed by atoms with van der Waals surface area (Å²) in [6.07, 6.45) is 3.29. The third-order valence-corrected chi connectivity index (χ3v) is 6.48. The normalized spacial score (nSPS) is 17.0. The molecule has 1 aliphatic heterocycles. The first kappa shape index (κ1) is 17.0. The van der Waals surface area contributed by atoms with Gasteiger partial charge in [0.05, 0.1) is 17.6 Å². The maximum Gasteiger partial charge on any atom is 0.226 e. The minimum Gasteiger partial charge on any atom is -0.311 e. The Morgan fingerprint density at radius 2 is 2.04 bits per heavy atom. The van der Waals surface area contributed by atoms with Crippen LogP contribution in [0.4, 0.5) is 5.82 Å². The molecule has 1 atom stereocenters.